The van der Waals surface area contributed by atoms with Gasteiger partial charge in [-0.3, -0.25) is 0 Å². The average Bonchev–Trinajstić information content (AvgIpc) is 2.63. The summed E-state index contributed by atoms with van der Waals surface area (Å²) in [5.41, 5.74) is -1.07. The fourth-order valence-electron chi connectivity index (χ4n) is 2.68. The second kappa shape index (κ2) is 7.67. The molecule has 0 atom stereocenters. The van der Waals surface area contributed by atoms with E-state index >= 15 is 0 Å². The van der Waals surface area contributed by atoms with Gasteiger partial charge >= 0.3 is 6.18 Å². The van der Waals surface area contributed by atoms with E-state index < -0.39 is 27.9 Å². The van der Waals surface area contributed by atoms with Gasteiger partial charge in [0.25, 0.3) is 0 Å². The van der Waals surface area contributed by atoms with E-state index in [4.69, 9.17) is 4.74 Å². The van der Waals surface area contributed by atoms with Crippen LogP contribution in [0.4, 0.5) is 24.9 Å². The first kappa shape index (κ1) is 21.1. The van der Waals surface area contributed by atoms with Gasteiger partial charge < -0.3 is 15.0 Å². The van der Waals surface area contributed by atoms with Crippen molar-refractivity contribution in [3.63, 3.8) is 0 Å². The zero-order valence-electron chi connectivity index (χ0n) is 15.9. The molecule has 0 spiro atoms. The third-order valence-corrected chi connectivity index (χ3v) is 6.19. The minimum absolute atomic E-state index is 0.0886. The minimum Gasteiger partial charge on any atom is -0.497 e. The van der Waals surface area contributed by atoms with E-state index in [1.165, 1.54) is 28.4 Å². The number of alkyl halides is 3. The number of sulfonamides is 1. The van der Waals surface area contributed by atoms with E-state index in [1.807, 2.05) is 0 Å². The standard InChI is InChI=1S/C17H20F3N5O3S/c1-24(2)15-8-14(17(18,19)20)22-16(23-15)21-11-9-25(10-11)29(26,27)13-6-4-12(28-3)5-7-13/h4-8,11H,9-10H2,1-3H3,(H,21,22,23). The summed E-state index contributed by atoms with van der Waals surface area (Å²) in [4.78, 5) is 9.12. The minimum atomic E-state index is -4.62. The van der Waals surface area contributed by atoms with Crippen molar-refractivity contribution in [3.05, 3.63) is 36.0 Å². The molecule has 0 saturated carbocycles. The summed E-state index contributed by atoms with van der Waals surface area (Å²) in [6, 6.07) is 6.42. The summed E-state index contributed by atoms with van der Waals surface area (Å²) < 4.78 is 70.7. The maximum absolute atomic E-state index is 13.1. The molecule has 158 valence electrons. The van der Waals surface area contributed by atoms with Crippen LogP contribution >= 0.6 is 0 Å². The van der Waals surface area contributed by atoms with Gasteiger partial charge in [-0.25, -0.2) is 13.4 Å². The highest BCUT2D eigenvalue weighted by Gasteiger charge is 2.38. The van der Waals surface area contributed by atoms with Gasteiger partial charge in [0, 0.05) is 33.3 Å². The van der Waals surface area contributed by atoms with Gasteiger partial charge in [-0.2, -0.15) is 22.5 Å². The second-order valence-corrected chi connectivity index (χ2v) is 8.60. The Balaban J connectivity index is 1.70. The number of hydrogen-bond acceptors (Lipinski definition) is 7. The molecular formula is C17H20F3N5O3S. The molecule has 29 heavy (non-hydrogen) atoms. The summed E-state index contributed by atoms with van der Waals surface area (Å²) in [5, 5.41) is 2.78. The SMILES string of the molecule is COc1ccc(S(=O)(=O)N2CC(Nc3nc(N(C)C)cc(C(F)(F)F)n3)C2)cc1. The highest BCUT2D eigenvalue weighted by atomic mass is 32.2. The zero-order valence-corrected chi connectivity index (χ0v) is 16.8. The molecule has 1 saturated heterocycles. The molecule has 0 bridgehead atoms. The fraction of sp³-hybridized carbons (Fsp3) is 0.412. The molecule has 1 aliphatic heterocycles. The van der Waals surface area contributed by atoms with Crippen LogP contribution in [0, 0.1) is 0 Å². The predicted molar refractivity (Wildman–Crippen MR) is 101 cm³/mol. The Kier molecular flexibility index (Phi) is 5.59. The van der Waals surface area contributed by atoms with Gasteiger partial charge in [0.2, 0.25) is 16.0 Å². The monoisotopic (exact) mass is 431 g/mol. The Morgan fingerprint density at radius 1 is 1.17 bits per heavy atom. The van der Waals surface area contributed by atoms with E-state index in [-0.39, 0.29) is 29.8 Å². The van der Waals surface area contributed by atoms with Gasteiger partial charge in [-0.1, -0.05) is 0 Å². The Morgan fingerprint density at radius 3 is 2.31 bits per heavy atom. The number of benzene rings is 1. The van der Waals surface area contributed by atoms with Crippen LogP contribution in [0.1, 0.15) is 5.69 Å². The quantitative estimate of drug-likeness (QED) is 0.749. The number of nitrogens with zero attached hydrogens (tertiary/aromatic N) is 4. The molecule has 0 aliphatic carbocycles. The Hall–Kier alpha value is -2.60. The summed E-state index contributed by atoms with van der Waals surface area (Å²) >= 11 is 0. The molecule has 1 aromatic carbocycles. The van der Waals surface area contributed by atoms with E-state index in [9.17, 15) is 21.6 Å². The molecule has 3 rings (SSSR count). The molecule has 0 radical (unpaired) electrons. The summed E-state index contributed by atoms with van der Waals surface area (Å²) in [6.07, 6.45) is -4.62. The van der Waals surface area contributed by atoms with Crippen molar-refractivity contribution >= 4 is 21.8 Å². The van der Waals surface area contributed by atoms with Crippen LogP contribution in [0.5, 0.6) is 5.75 Å². The molecule has 2 heterocycles. The first-order chi connectivity index (χ1) is 13.5. The van der Waals surface area contributed by atoms with Crippen molar-refractivity contribution in [2.75, 3.05) is 44.5 Å². The second-order valence-electron chi connectivity index (χ2n) is 6.67. The summed E-state index contributed by atoms with van der Waals surface area (Å²) in [6.45, 7) is 0.177. The molecule has 1 fully saturated rings. The molecule has 0 unspecified atom stereocenters. The van der Waals surface area contributed by atoms with Crippen molar-refractivity contribution in [1.82, 2.24) is 14.3 Å². The number of halogens is 3. The summed E-state index contributed by atoms with van der Waals surface area (Å²) in [5.74, 6) is 0.428. The Labute approximate surface area is 166 Å². The highest BCUT2D eigenvalue weighted by Crippen LogP contribution is 2.31. The first-order valence-electron chi connectivity index (χ1n) is 8.55. The molecular weight excluding hydrogens is 411 g/mol. The van der Waals surface area contributed by atoms with Crippen molar-refractivity contribution in [2.45, 2.75) is 17.1 Å². The van der Waals surface area contributed by atoms with Crippen LogP contribution in [0.2, 0.25) is 0 Å². The summed E-state index contributed by atoms with van der Waals surface area (Å²) in [7, 11) is 0.919. The lowest BCUT2D eigenvalue weighted by Crippen LogP contribution is -2.57. The fourth-order valence-corrected chi connectivity index (χ4v) is 4.21. The normalized spacial score (nSPS) is 15.7. The van der Waals surface area contributed by atoms with Crippen molar-refractivity contribution in [3.8, 4) is 5.75 Å². The smallest absolute Gasteiger partial charge is 0.433 e. The van der Waals surface area contributed by atoms with Crippen LogP contribution in [0.25, 0.3) is 0 Å². The topological polar surface area (TPSA) is 87.7 Å². The molecule has 1 N–H and O–H groups in total. The van der Waals surface area contributed by atoms with E-state index in [0.29, 0.717) is 5.75 Å². The predicted octanol–water partition coefficient (Wildman–Crippen LogP) is 2.05. The van der Waals surface area contributed by atoms with Crippen molar-refractivity contribution < 1.29 is 26.3 Å². The third-order valence-electron chi connectivity index (χ3n) is 4.34. The van der Waals surface area contributed by atoms with Crippen molar-refractivity contribution in [2.24, 2.45) is 0 Å². The lowest BCUT2D eigenvalue weighted by atomic mass is 10.2. The maximum Gasteiger partial charge on any atom is 0.433 e. The number of anilines is 2. The third kappa shape index (κ3) is 4.53. The number of rotatable bonds is 6. The number of hydrogen-bond donors (Lipinski definition) is 1. The van der Waals surface area contributed by atoms with Gasteiger partial charge in [0.1, 0.15) is 11.6 Å². The van der Waals surface area contributed by atoms with Gasteiger partial charge in [-0.05, 0) is 24.3 Å². The molecule has 8 nitrogen and oxygen atoms in total. The van der Waals surface area contributed by atoms with E-state index in [1.54, 1.807) is 26.2 Å². The molecule has 2 aromatic rings. The van der Waals surface area contributed by atoms with Gasteiger partial charge in [0.15, 0.2) is 5.69 Å². The number of methoxy groups -OCH3 is 1. The average molecular weight is 431 g/mol. The van der Waals surface area contributed by atoms with E-state index in [0.717, 1.165) is 6.07 Å². The molecule has 1 aromatic heterocycles. The maximum atomic E-state index is 13.1. The van der Waals surface area contributed by atoms with Crippen LogP contribution < -0.4 is 15.0 Å². The lowest BCUT2D eigenvalue weighted by molar-refractivity contribution is -0.141. The number of aromatic nitrogens is 2. The first-order valence-corrected chi connectivity index (χ1v) is 9.99. The number of nitrogens with one attached hydrogen (secondary N) is 1. The molecule has 0 amide bonds. The van der Waals surface area contributed by atoms with Gasteiger partial charge in [0.05, 0.1) is 18.0 Å². The van der Waals surface area contributed by atoms with Crippen molar-refractivity contribution in [1.29, 1.82) is 0 Å². The van der Waals surface area contributed by atoms with E-state index in [2.05, 4.69) is 15.3 Å². The lowest BCUT2D eigenvalue weighted by Gasteiger charge is -2.38. The molecule has 12 heteroatoms. The van der Waals surface area contributed by atoms with Crippen LogP contribution in [0.15, 0.2) is 35.2 Å². The zero-order chi connectivity index (χ0) is 21.4. The van der Waals surface area contributed by atoms with Gasteiger partial charge in [-0.15, -0.1) is 0 Å². The Bertz CT molecular complexity index is 975. The van der Waals surface area contributed by atoms with Crippen LogP contribution in [0.3, 0.4) is 0 Å². The van der Waals surface area contributed by atoms with Crippen LogP contribution in [-0.2, 0) is 16.2 Å². The van der Waals surface area contributed by atoms with Crippen LogP contribution in [-0.4, -0.2) is 63.0 Å². The number of ether oxygens (including phenoxy) is 1. The largest absolute Gasteiger partial charge is 0.497 e. The molecule has 1 aliphatic rings. The Morgan fingerprint density at radius 2 is 1.79 bits per heavy atom. The highest BCUT2D eigenvalue weighted by molar-refractivity contribution is 7.89.